The van der Waals surface area contributed by atoms with E-state index in [-0.39, 0.29) is 5.82 Å². The van der Waals surface area contributed by atoms with Crippen molar-refractivity contribution < 1.29 is 4.39 Å². The van der Waals surface area contributed by atoms with Crippen molar-refractivity contribution in [2.45, 2.75) is 6.92 Å². The number of rotatable bonds is 1. The number of hydrogen-bond donors (Lipinski definition) is 0. The molecule has 0 aliphatic rings. The fourth-order valence-electron chi connectivity index (χ4n) is 1.90. The van der Waals surface area contributed by atoms with Crippen LogP contribution in [0.2, 0.25) is 5.02 Å². The molecule has 0 unspecified atom stereocenters. The van der Waals surface area contributed by atoms with Crippen LogP contribution in [0.3, 0.4) is 0 Å². The summed E-state index contributed by atoms with van der Waals surface area (Å²) in [7, 11) is 0. The van der Waals surface area contributed by atoms with Crippen LogP contribution in [0.5, 0.6) is 0 Å². The molecule has 0 atom stereocenters. The molecule has 2 aromatic heterocycles. The molecule has 1 aromatic carbocycles. The maximum Gasteiger partial charge on any atom is 0.174 e. The zero-order valence-electron chi connectivity index (χ0n) is 9.56. The van der Waals surface area contributed by atoms with E-state index in [0.29, 0.717) is 16.4 Å². The van der Waals surface area contributed by atoms with Crippen LogP contribution in [0.4, 0.5) is 4.39 Å². The van der Waals surface area contributed by atoms with Gasteiger partial charge in [-0.25, -0.2) is 13.9 Å². The van der Waals surface area contributed by atoms with Crippen LogP contribution in [0.15, 0.2) is 36.7 Å². The molecular formula is C13H9ClFN3. The van der Waals surface area contributed by atoms with Gasteiger partial charge in [-0.1, -0.05) is 23.7 Å². The molecule has 0 aliphatic heterocycles. The van der Waals surface area contributed by atoms with Crippen LogP contribution in [-0.4, -0.2) is 14.6 Å². The molecule has 0 N–H and O–H groups in total. The third-order valence-electron chi connectivity index (χ3n) is 2.73. The summed E-state index contributed by atoms with van der Waals surface area (Å²) in [6.45, 7) is 1.91. The second-order valence-corrected chi connectivity index (χ2v) is 4.45. The van der Waals surface area contributed by atoms with Crippen LogP contribution in [0, 0.1) is 12.7 Å². The molecule has 0 bridgehead atoms. The molecule has 3 aromatic rings. The molecule has 2 heterocycles. The fourth-order valence-corrected chi connectivity index (χ4v) is 2.07. The Labute approximate surface area is 108 Å². The third-order valence-corrected chi connectivity index (χ3v) is 3.00. The third kappa shape index (κ3) is 1.75. The summed E-state index contributed by atoms with van der Waals surface area (Å²) in [6, 6.07) is 6.34. The predicted octanol–water partition coefficient (Wildman–Crippen LogP) is 3.50. The lowest BCUT2D eigenvalue weighted by Gasteiger charge is -2.06. The molecule has 0 spiro atoms. The summed E-state index contributed by atoms with van der Waals surface area (Å²) >= 11 is 6.00. The number of hydrogen-bond acceptors (Lipinski definition) is 2. The summed E-state index contributed by atoms with van der Waals surface area (Å²) in [5.74, 6) is -0.284. The lowest BCUT2D eigenvalue weighted by molar-refractivity contribution is 0.628. The molecule has 18 heavy (non-hydrogen) atoms. The molecule has 0 radical (unpaired) electrons. The van der Waals surface area contributed by atoms with Gasteiger partial charge in [0.05, 0.1) is 11.9 Å². The standard InChI is InChI=1S/C13H9ClFN3/c1-8-7-18-13(11(14)6-16-18)17-12(8)9-3-2-4-10(15)5-9/h2-7H,1H3. The van der Waals surface area contributed by atoms with Gasteiger partial charge in [0.1, 0.15) is 10.8 Å². The van der Waals surface area contributed by atoms with E-state index in [1.165, 1.54) is 12.1 Å². The Kier molecular flexibility index (Phi) is 2.52. The summed E-state index contributed by atoms with van der Waals surface area (Å²) < 4.78 is 14.9. The molecule has 3 nitrogen and oxygen atoms in total. The first-order chi connectivity index (χ1) is 8.65. The van der Waals surface area contributed by atoms with Crippen molar-refractivity contribution in [2.75, 3.05) is 0 Å². The quantitative estimate of drug-likeness (QED) is 0.671. The predicted molar refractivity (Wildman–Crippen MR) is 68.1 cm³/mol. The first-order valence-corrected chi connectivity index (χ1v) is 5.79. The van der Waals surface area contributed by atoms with Gasteiger partial charge in [-0.05, 0) is 24.6 Å². The maximum absolute atomic E-state index is 13.2. The normalized spacial score (nSPS) is 11.1. The molecular weight excluding hydrogens is 253 g/mol. The average Bonchev–Trinajstić information content (AvgIpc) is 2.69. The van der Waals surface area contributed by atoms with E-state index < -0.39 is 0 Å². The molecule has 5 heteroatoms. The van der Waals surface area contributed by atoms with Gasteiger partial charge in [-0.3, -0.25) is 0 Å². The lowest BCUT2D eigenvalue weighted by atomic mass is 10.1. The Hall–Kier alpha value is -1.94. The Morgan fingerprint density at radius 3 is 2.94 bits per heavy atom. The molecule has 3 rings (SSSR count). The van der Waals surface area contributed by atoms with Gasteiger partial charge >= 0.3 is 0 Å². The SMILES string of the molecule is Cc1cn2ncc(Cl)c2nc1-c1cccc(F)c1. The maximum atomic E-state index is 13.2. The Balaban J connectivity index is 2.28. The molecule has 90 valence electrons. The van der Waals surface area contributed by atoms with Gasteiger partial charge in [0.15, 0.2) is 5.65 Å². The number of fused-ring (bicyclic) bond motifs is 1. The van der Waals surface area contributed by atoms with E-state index >= 15 is 0 Å². The topological polar surface area (TPSA) is 30.2 Å². The number of aryl methyl sites for hydroxylation is 1. The van der Waals surface area contributed by atoms with Gasteiger partial charge in [0, 0.05) is 11.8 Å². The number of aromatic nitrogens is 3. The minimum absolute atomic E-state index is 0.284. The van der Waals surface area contributed by atoms with Crippen LogP contribution in [0.25, 0.3) is 16.9 Å². The van der Waals surface area contributed by atoms with Gasteiger partial charge < -0.3 is 0 Å². The average molecular weight is 262 g/mol. The number of nitrogens with zero attached hydrogens (tertiary/aromatic N) is 3. The molecule has 0 saturated heterocycles. The van der Waals surface area contributed by atoms with E-state index in [1.807, 2.05) is 19.2 Å². The highest BCUT2D eigenvalue weighted by molar-refractivity contribution is 6.33. The van der Waals surface area contributed by atoms with Crippen molar-refractivity contribution in [3.05, 3.63) is 53.1 Å². The largest absolute Gasteiger partial charge is 0.227 e. The summed E-state index contributed by atoms with van der Waals surface area (Å²) in [4.78, 5) is 4.45. The van der Waals surface area contributed by atoms with Gasteiger partial charge in [-0.15, -0.1) is 0 Å². The highest BCUT2D eigenvalue weighted by Gasteiger charge is 2.10. The molecule has 0 saturated carbocycles. The van der Waals surface area contributed by atoms with E-state index in [4.69, 9.17) is 11.6 Å². The highest BCUT2D eigenvalue weighted by Crippen LogP contribution is 2.24. The first kappa shape index (κ1) is 11.2. The zero-order chi connectivity index (χ0) is 12.7. The minimum atomic E-state index is -0.284. The summed E-state index contributed by atoms with van der Waals surface area (Å²) in [6.07, 6.45) is 3.37. The van der Waals surface area contributed by atoms with Crippen LogP contribution in [0.1, 0.15) is 5.56 Å². The fraction of sp³-hybridized carbons (Fsp3) is 0.0769. The van der Waals surface area contributed by atoms with E-state index in [1.54, 1.807) is 16.8 Å². The molecule has 0 aliphatic carbocycles. The molecule has 0 fully saturated rings. The monoisotopic (exact) mass is 261 g/mol. The second kappa shape index (κ2) is 4.07. The summed E-state index contributed by atoms with van der Waals surface area (Å²) in [5.41, 5.74) is 2.92. The Bertz CT molecular complexity index is 736. The summed E-state index contributed by atoms with van der Waals surface area (Å²) in [5, 5.41) is 4.56. The van der Waals surface area contributed by atoms with Gasteiger partial charge in [0.2, 0.25) is 0 Å². The van der Waals surface area contributed by atoms with E-state index in [9.17, 15) is 4.39 Å². The van der Waals surface area contributed by atoms with Crippen molar-refractivity contribution >= 4 is 17.2 Å². The second-order valence-electron chi connectivity index (χ2n) is 4.04. The smallest absolute Gasteiger partial charge is 0.174 e. The first-order valence-electron chi connectivity index (χ1n) is 5.41. The van der Waals surface area contributed by atoms with Crippen molar-refractivity contribution in [2.24, 2.45) is 0 Å². The van der Waals surface area contributed by atoms with E-state index in [2.05, 4.69) is 10.1 Å². The van der Waals surface area contributed by atoms with E-state index in [0.717, 1.165) is 11.1 Å². The van der Waals surface area contributed by atoms with Crippen molar-refractivity contribution in [3.63, 3.8) is 0 Å². The van der Waals surface area contributed by atoms with Crippen molar-refractivity contribution in [1.29, 1.82) is 0 Å². The minimum Gasteiger partial charge on any atom is -0.227 e. The zero-order valence-corrected chi connectivity index (χ0v) is 10.3. The van der Waals surface area contributed by atoms with Crippen LogP contribution < -0.4 is 0 Å². The van der Waals surface area contributed by atoms with Crippen molar-refractivity contribution in [1.82, 2.24) is 14.6 Å². The van der Waals surface area contributed by atoms with Crippen molar-refractivity contribution in [3.8, 4) is 11.3 Å². The van der Waals surface area contributed by atoms with Gasteiger partial charge in [-0.2, -0.15) is 5.10 Å². The number of benzene rings is 1. The highest BCUT2D eigenvalue weighted by atomic mass is 35.5. The lowest BCUT2D eigenvalue weighted by Crippen LogP contribution is -1.96. The van der Waals surface area contributed by atoms with Crippen LogP contribution >= 0.6 is 11.6 Å². The number of halogens is 2. The van der Waals surface area contributed by atoms with Gasteiger partial charge in [0.25, 0.3) is 0 Å². The molecule has 0 amide bonds. The Morgan fingerprint density at radius 1 is 1.33 bits per heavy atom. The Morgan fingerprint density at radius 2 is 2.17 bits per heavy atom. The van der Waals surface area contributed by atoms with Crippen LogP contribution in [-0.2, 0) is 0 Å².